The normalized spacial score (nSPS) is 21.2. The maximum absolute atomic E-state index is 5.28. The molecule has 1 aliphatic heterocycles. The molecule has 1 saturated heterocycles. The smallest absolute Gasteiger partial charge is 1.00 e. The van der Waals surface area contributed by atoms with Crippen LogP contribution < -0.4 is 37.7 Å². The number of rotatable bonds is 0. The molecule has 17 heavy (non-hydrogen) atoms. The Morgan fingerprint density at radius 3 is 0.588 bits per heavy atom. The van der Waals surface area contributed by atoms with E-state index in [9.17, 15) is 0 Å². The third kappa shape index (κ3) is 14.9. The van der Waals surface area contributed by atoms with Gasteiger partial charge in [-0.25, -0.2) is 0 Å². The predicted molar refractivity (Wildman–Crippen MR) is 56.3 cm³/mol. The molecule has 7 heteroatoms. The molecule has 0 unspecified atom stereocenters. The molecule has 1 heterocycles. The topological polar surface area (TPSA) is 46.2 Å². The molecule has 0 aliphatic carbocycles. The summed E-state index contributed by atoms with van der Waals surface area (Å²) in [6, 6.07) is 0. The Labute approximate surface area is 130 Å². The SMILES string of the molecule is C1COCCOCCOCCOCCO1.[H-].[H-].[Li+].[Li+]. The molecule has 0 amide bonds. The summed E-state index contributed by atoms with van der Waals surface area (Å²) in [5, 5.41) is 0. The second-order valence-corrected chi connectivity index (χ2v) is 3.06. The molecule has 1 rings (SSSR count). The van der Waals surface area contributed by atoms with Crippen LogP contribution >= 0.6 is 0 Å². The zero-order valence-electron chi connectivity index (χ0n) is 13.1. The summed E-state index contributed by atoms with van der Waals surface area (Å²) >= 11 is 0. The first kappa shape index (κ1) is 20.3. The first-order valence-corrected chi connectivity index (χ1v) is 5.39. The van der Waals surface area contributed by atoms with Gasteiger partial charge in [0.1, 0.15) is 0 Å². The van der Waals surface area contributed by atoms with Gasteiger partial charge in [0.15, 0.2) is 0 Å². The summed E-state index contributed by atoms with van der Waals surface area (Å²) in [4.78, 5) is 0. The van der Waals surface area contributed by atoms with E-state index in [1.54, 1.807) is 0 Å². The number of hydrogen-bond acceptors (Lipinski definition) is 5. The zero-order chi connectivity index (χ0) is 10.6. The van der Waals surface area contributed by atoms with Crippen LogP contribution in [-0.4, -0.2) is 66.1 Å². The van der Waals surface area contributed by atoms with Gasteiger partial charge in [-0.3, -0.25) is 0 Å². The third-order valence-electron chi connectivity index (χ3n) is 1.86. The average molecular weight is 236 g/mol. The van der Waals surface area contributed by atoms with Gasteiger partial charge in [-0.1, -0.05) is 0 Å². The van der Waals surface area contributed by atoms with Gasteiger partial charge < -0.3 is 26.5 Å². The molecular formula is C10H22Li2O5. The van der Waals surface area contributed by atoms with Gasteiger partial charge in [0.2, 0.25) is 0 Å². The molecule has 0 aromatic heterocycles. The molecule has 94 valence electrons. The Morgan fingerprint density at radius 1 is 0.353 bits per heavy atom. The quantitative estimate of drug-likeness (QED) is 0.392. The molecule has 0 radical (unpaired) electrons. The van der Waals surface area contributed by atoms with E-state index in [0.29, 0.717) is 66.1 Å². The molecule has 0 spiro atoms. The first-order chi connectivity index (χ1) is 7.50. The molecular weight excluding hydrogens is 214 g/mol. The third-order valence-corrected chi connectivity index (χ3v) is 1.86. The molecule has 0 N–H and O–H groups in total. The summed E-state index contributed by atoms with van der Waals surface area (Å²) in [5.41, 5.74) is 0. The standard InChI is InChI=1S/C10H20O5.2Li.2H/c1-2-12-5-6-14-9-10-15-8-7-13-4-3-11-1;;;;/h1-10H2;;;;/q;2*+1;2*-1. The van der Waals surface area contributed by atoms with Gasteiger partial charge in [-0.05, 0) is 0 Å². The summed E-state index contributed by atoms with van der Waals surface area (Å²) in [5.74, 6) is 0. The second-order valence-electron chi connectivity index (χ2n) is 3.06. The van der Waals surface area contributed by atoms with Crippen molar-refractivity contribution in [2.75, 3.05) is 66.1 Å². The van der Waals surface area contributed by atoms with E-state index in [1.165, 1.54) is 0 Å². The first-order valence-electron chi connectivity index (χ1n) is 5.39. The Bertz CT molecular complexity index is 90.5. The van der Waals surface area contributed by atoms with Crippen molar-refractivity contribution in [2.45, 2.75) is 0 Å². The van der Waals surface area contributed by atoms with Crippen LogP contribution in [0.25, 0.3) is 0 Å². The molecule has 5 nitrogen and oxygen atoms in total. The fourth-order valence-corrected chi connectivity index (χ4v) is 1.10. The molecule has 1 aliphatic rings. The monoisotopic (exact) mass is 236 g/mol. The van der Waals surface area contributed by atoms with E-state index in [2.05, 4.69) is 0 Å². The summed E-state index contributed by atoms with van der Waals surface area (Å²) in [6.07, 6.45) is 0. The Kier molecular flexibility index (Phi) is 20.3. The van der Waals surface area contributed by atoms with Crippen molar-refractivity contribution in [1.82, 2.24) is 0 Å². The van der Waals surface area contributed by atoms with Crippen molar-refractivity contribution in [3.05, 3.63) is 0 Å². The summed E-state index contributed by atoms with van der Waals surface area (Å²) < 4.78 is 26.4. The largest absolute Gasteiger partial charge is 1.00 e. The van der Waals surface area contributed by atoms with Gasteiger partial charge >= 0.3 is 37.7 Å². The maximum atomic E-state index is 5.28. The summed E-state index contributed by atoms with van der Waals surface area (Å²) in [7, 11) is 0. The molecule has 0 atom stereocenters. The van der Waals surface area contributed by atoms with E-state index in [-0.39, 0.29) is 40.6 Å². The van der Waals surface area contributed by atoms with Crippen molar-refractivity contribution in [1.29, 1.82) is 0 Å². The molecule has 0 bridgehead atoms. The predicted octanol–water partition coefficient (Wildman–Crippen LogP) is -5.68. The van der Waals surface area contributed by atoms with Crippen LogP contribution in [0.15, 0.2) is 0 Å². The van der Waals surface area contributed by atoms with Crippen LogP contribution in [-0.2, 0) is 23.7 Å². The fourth-order valence-electron chi connectivity index (χ4n) is 1.10. The van der Waals surface area contributed by atoms with Crippen LogP contribution in [0.1, 0.15) is 2.85 Å². The summed E-state index contributed by atoms with van der Waals surface area (Å²) in [6.45, 7) is 6.11. The second kappa shape index (κ2) is 17.0. The van der Waals surface area contributed by atoms with Crippen molar-refractivity contribution < 1.29 is 64.3 Å². The molecule has 1 fully saturated rings. The minimum absolute atomic E-state index is 0. The van der Waals surface area contributed by atoms with Crippen LogP contribution in [0.5, 0.6) is 0 Å². The van der Waals surface area contributed by atoms with Gasteiger partial charge in [0.05, 0.1) is 66.1 Å². The van der Waals surface area contributed by atoms with E-state index in [4.69, 9.17) is 23.7 Å². The number of ether oxygens (including phenoxy) is 5. The Balaban J connectivity index is -0.000000281. The van der Waals surface area contributed by atoms with Crippen LogP contribution in [0.2, 0.25) is 0 Å². The zero-order valence-corrected chi connectivity index (χ0v) is 11.1. The maximum Gasteiger partial charge on any atom is 1.00 e. The van der Waals surface area contributed by atoms with E-state index in [1.807, 2.05) is 0 Å². The van der Waals surface area contributed by atoms with Gasteiger partial charge in [-0.15, -0.1) is 0 Å². The number of hydrogen-bond donors (Lipinski definition) is 0. The van der Waals surface area contributed by atoms with Gasteiger partial charge in [-0.2, -0.15) is 0 Å². The fraction of sp³-hybridized carbons (Fsp3) is 1.00. The molecule has 0 saturated carbocycles. The minimum atomic E-state index is 0. The molecule has 0 aromatic carbocycles. The van der Waals surface area contributed by atoms with Gasteiger partial charge in [0, 0.05) is 0 Å². The molecule has 0 aromatic rings. The van der Waals surface area contributed by atoms with Gasteiger partial charge in [0.25, 0.3) is 0 Å². The van der Waals surface area contributed by atoms with Crippen molar-refractivity contribution in [2.24, 2.45) is 0 Å². The van der Waals surface area contributed by atoms with Crippen molar-refractivity contribution in [3.63, 3.8) is 0 Å². The van der Waals surface area contributed by atoms with Crippen LogP contribution in [0, 0.1) is 0 Å². The van der Waals surface area contributed by atoms with E-state index < -0.39 is 0 Å². The van der Waals surface area contributed by atoms with Crippen molar-refractivity contribution in [3.8, 4) is 0 Å². The van der Waals surface area contributed by atoms with Crippen molar-refractivity contribution >= 4 is 0 Å². The van der Waals surface area contributed by atoms with E-state index >= 15 is 0 Å². The average Bonchev–Trinajstić information content (AvgIpc) is 2.27. The van der Waals surface area contributed by atoms with Crippen LogP contribution in [0.3, 0.4) is 0 Å². The Hall–Kier alpha value is 0.995. The Morgan fingerprint density at radius 2 is 0.471 bits per heavy atom. The van der Waals surface area contributed by atoms with Crippen LogP contribution in [0.4, 0.5) is 0 Å². The van der Waals surface area contributed by atoms with E-state index in [0.717, 1.165) is 0 Å². The minimum Gasteiger partial charge on any atom is -1.00 e.